The van der Waals surface area contributed by atoms with Crippen LogP contribution in [0.3, 0.4) is 0 Å². The molecule has 1 unspecified atom stereocenters. The van der Waals surface area contributed by atoms with Crippen LogP contribution in [0.25, 0.3) is 5.65 Å². The molecule has 5 nitrogen and oxygen atoms in total. The van der Waals surface area contributed by atoms with Gasteiger partial charge in [-0.1, -0.05) is 20.8 Å². The highest BCUT2D eigenvalue weighted by molar-refractivity contribution is 5.65. The maximum Gasteiger partial charge on any atom is 0.180 e. The van der Waals surface area contributed by atoms with Gasteiger partial charge in [0.25, 0.3) is 0 Å². The van der Waals surface area contributed by atoms with Crippen molar-refractivity contribution < 1.29 is 0 Å². The Bertz CT molecular complexity index is 552. The number of hydrogen-bond acceptors (Lipinski definition) is 4. The van der Waals surface area contributed by atoms with E-state index in [1.165, 1.54) is 0 Å². The topological polar surface area (TPSA) is 54.2 Å². The van der Waals surface area contributed by atoms with Gasteiger partial charge in [0.2, 0.25) is 0 Å². The van der Waals surface area contributed by atoms with Gasteiger partial charge in [0.1, 0.15) is 5.82 Å². The van der Waals surface area contributed by atoms with Gasteiger partial charge in [-0.15, -0.1) is 0 Å². The van der Waals surface area contributed by atoms with Gasteiger partial charge in [-0.25, -0.2) is 9.97 Å². The molecule has 0 radical (unpaired) electrons. The molecule has 1 atom stereocenters. The average Bonchev–Trinajstić information content (AvgIpc) is 2.76. The lowest BCUT2D eigenvalue weighted by atomic mass is 9.88. The van der Waals surface area contributed by atoms with E-state index in [1.54, 1.807) is 6.20 Å². The minimum Gasteiger partial charge on any atom is -0.369 e. The standard InChI is InChI=1S/C14H23N5/c1-6-15-11-9-19-8-7-16-13(19)12(18-11)17-10(2)14(3,4)5/h7-10,15H,6H2,1-5H3,(H,17,18). The molecule has 0 aliphatic rings. The van der Waals surface area contributed by atoms with E-state index in [4.69, 9.17) is 0 Å². The molecular weight excluding hydrogens is 238 g/mol. The molecule has 5 heteroatoms. The lowest BCUT2D eigenvalue weighted by Crippen LogP contribution is -2.31. The van der Waals surface area contributed by atoms with Gasteiger partial charge in [0.15, 0.2) is 11.5 Å². The minimum atomic E-state index is 0.166. The first-order chi connectivity index (χ1) is 8.91. The fourth-order valence-corrected chi connectivity index (χ4v) is 1.72. The third-order valence-electron chi connectivity index (χ3n) is 3.38. The monoisotopic (exact) mass is 261 g/mol. The van der Waals surface area contributed by atoms with Crippen molar-refractivity contribution in [1.29, 1.82) is 0 Å². The Morgan fingerprint density at radius 3 is 2.74 bits per heavy atom. The van der Waals surface area contributed by atoms with E-state index in [2.05, 4.69) is 55.2 Å². The van der Waals surface area contributed by atoms with E-state index in [0.717, 1.165) is 23.8 Å². The number of anilines is 2. The normalized spacial score (nSPS) is 13.5. The van der Waals surface area contributed by atoms with E-state index in [9.17, 15) is 0 Å². The van der Waals surface area contributed by atoms with Crippen LogP contribution in [-0.2, 0) is 0 Å². The quantitative estimate of drug-likeness (QED) is 0.888. The molecule has 0 aromatic carbocycles. The van der Waals surface area contributed by atoms with Gasteiger partial charge >= 0.3 is 0 Å². The fraction of sp³-hybridized carbons (Fsp3) is 0.571. The van der Waals surface area contributed by atoms with E-state index < -0.39 is 0 Å². The van der Waals surface area contributed by atoms with E-state index in [-0.39, 0.29) is 5.41 Å². The number of rotatable bonds is 4. The molecule has 0 amide bonds. The van der Waals surface area contributed by atoms with Gasteiger partial charge in [0, 0.05) is 25.0 Å². The van der Waals surface area contributed by atoms with Crippen LogP contribution >= 0.6 is 0 Å². The van der Waals surface area contributed by atoms with Crippen LogP contribution in [0.15, 0.2) is 18.6 Å². The van der Waals surface area contributed by atoms with Crippen molar-refractivity contribution in [3.8, 4) is 0 Å². The molecule has 0 bridgehead atoms. The Labute approximate surface area is 114 Å². The van der Waals surface area contributed by atoms with Crippen molar-refractivity contribution in [3.05, 3.63) is 18.6 Å². The molecular formula is C14H23N5. The first-order valence-corrected chi connectivity index (χ1v) is 6.76. The van der Waals surface area contributed by atoms with Crippen LogP contribution in [0.2, 0.25) is 0 Å². The molecule has 0 aliphatic carbocycles. The third-order valence-corrected chi connectivity index (χ3v) is 3.38. The summed E-state index contributed by atoms with van der Waals surface area (Å²) in [5.74, 6) is 1.68. The first-order valence-electron chi connectivity index (χ1n) is 6.76. The number of aromatic nitrogens is 3. The van der Waals surface area contributed by atoms with Gasteiger partial charge in [0.05, 0.1) is 6.20 Å². The van der Waals surface area contributed by atoms with Gasteiger partial charge in [-0.3, -0.25) is 0 Å². The van der Waals surface area contributed by atoms with Crippen molar-refractivity contribution in [3.63, 3.8) is 0 Å². The average molecular weight is 261 g/mol. The predicted molar refractivity (Wildman–Crippen MR) is 79.7 cm³/mol. The molecule has 0 saturated heterocycles. The number of nitrogens with one attached hydrogen (secondary N) is 2. The Kier molecular flexibility index (Phi) is 3.64. The maximum absolute atomic E-state index is 4.61. The molecule has 2 aromatic heterocycles. The van der Waals surface area contributed by atoms with E-state index in [0.29, 0.717) is 6.04 Å². The number of fused-ring (bicyclic) bond motifs is 1. The van der Waals surface area contributed by atoms with Gasteiger partial charge < -0.3 is 15.0 Å². The molecule has 2 aromatic rings. The summed E-state index contributed by atoms with van der Waals surface area (Å²) >= 11 is 0. The zero-order valence-electron chi connectivity index (χ0n) is 12.4. The summed E-state index contributed by atoms with van der Waals surface area (Å²) < 4.78 is 1.99. The Morgan fingerprint density at radius 2 is 2.11 bits per heavy atom. The summed E-state index contributed by atoms with van der Waals surface area (Å²) in [6, 6.07) is 0.303. The summed E-state index contributed by atoms with van der Waals surface area (Å²) in [4.78, 5) is 8.98. The van der Waals surface area contributed by atoms with Crippen LogP contribution < -0.4 is 10.6 Å². The molecule has 0 fully saturated rings. The molecule has 2 rings (SSSR count). The zero-order valence-corrected chi connectivity index (χ0v) is 12.4. The summed E-state index contributed by atoms with van der Waals surface area (Å²) in [6.07, 6.45) is 5.68. The molecule has 2 heterocycles. The van der Waals surface area contributed by atoms with Gasteiger partial charge in [-0.05, 0) is 19.3 Å². The second-order valence-corrected chi connectivity index (χ2v) is 5.90. The van der Waals surface area contributed by atoms with Crippen LogP contribution in [0, 0.1) is 5.41 Å². The van der Waals surface area contributed by atoms with Crippen LogP contribution in [0.1, 0.15) is 34.6 Å². The van der Waals surface area contributed by atoms with Crippen molar-refractivity contribution >= 4 is 17.3 Å². The van der Waals surface area contributed by atoms with Crippen molar-refractivity contribution in [1.82, 2.24) is 14.4 Å². The summed E-state index contributed by atoms with van der Waals surface area (Å²) in [5.41, 5.74) is 1.03. The summed E-state index contributed by atoms with van der Waals surface area (Å²) in [5, 5.41) is 6.72. The van der Waals surface area contributed by atoms with Crippen LogP contribution in [-0.4, -0.2) is 27.0 Å². The van der Waals surface area contributed by atoms with Crippen LogP contribution in [0.5, 0.6) is 0 Å². The molecule has 104 valence electrons. The smallest absolute Gasteiger partial charge is 0.180 e. The lowest BCUT2D eigenvalue weighted by molar-refractivity contribution is 0.359. The highest BCUT2D eigenvalue weighted by Crippen LogP contribution is 2.24. The lowest BCUT2D eigenvalue weighted by Gasteiger charge is -2.28. The van der Waals surface area contributed by atoms with Crippen LogP contribution in [0.4, 0.5) is 11.6 Å². The number of hydrogen-bond donors (Lipinski definition) is 2. The molecule has 19 heavy (non-hydrogen) atoms. The highest BCUT2D eigenvalue weighted by Gasteiger charge is 2.21. The Morgan fingerprint density at radius 1 is 1.37 bits per heavy atom. The van der Waals surface area contributed by atoms with Crippen molar-refractivity contribution in [2.24, 2.45) is 5.41 Å². The predicted octanol–water partition coefficient (Wildman–Crippen LogP) is 3.01. The van der Waals surface area contributed by atoms with Crippen molar-refractivity contribution in [2.45, 2.75) is 40.7 Å². The highest BCUT2D eigenvalue weighted by atomic mass is 15.2. The molecule has 2 N–H and O–H groups in total. The molecule has 0 saturated carbocycles. The van der Waals surface area contributed by atoms with E-state index >= 15 is 0 Å². The maximum atomic E-state index is 4.61. The summed E-state index contributed by atoms with van der Waals surface area (Å²) in [7, 11) is 0. The van der Waals surface area contributed by atoms with Crippen molar-refractivity contribution in [2.75, 3.05) is 17.2 Å². The van der Waals surface area contributed by atoms with E-state index in [1.807, 2.05) is 16.8 Å². The SMILES string of the molecule is CCNc1cn2ccnc2c(NC(C)C(C)(C)C)n1. The summed E-state index contributed by atoms with van der Waals surface area (Å²) in [6.45, 7) is 11.7. The Hall–Kier alpha value is -1.78. The second kappa shape index (κ2) is 5.07. The first kappa shape index (κ1) is 13.6. The Balaban J connectivity index is 2.37. The minimum absolute atomic E-state index is 0.166. The van der Waals surface area contributed by atoms with Gasteiger partial charge in [-0.2, -0.15) is 0 Å². The third kappa shape index (κ3) is 2.97. The number of imidazole rings is 1. The number of nitrogens with zero attached hydrogens (tertiary/aromatic N) is 3. The largest absolute Gasteiger partial charge is 0.369 e. The fourth-order valence-electron chi connectivity index (χ4n) is 1.72. The molecule has 0 aliphatic heterocycles. The molecule has 0 spiro atoms. The zero-order chi connectivity index (χ0) is 14.0. The second-order valence-electron chi connectivity index (χ2n) is 5.90.